The Kier molecular flexibility index (Phi) is 5.47. The molecule has 2 rings (SSSR count). The van der Waals surface area contributed by atoms with Gasteiger partial charge in [0.1, 0.15) is 7.05 Å². The first-order valence-electron chi connectivity index (χ1n) is 5.70. The van der Waals surface area contributed by atoms with E-state index >= 15 is 0 Å². The third-order valence-electron chi connectivity index (χ3n) is 2.88. The monoisotopic (exact) mass is 353 g/mol. The van der Waals surface area contributed by atoms with Crippen molar-refractivity contribution in [1.82, 2.24) is 0 Å². The minimum absolute atomic E-state index is 0. The lowest BCUT2D eigenvalue weighted by molar-refractivity contribution is -0.678. The van der Waals surface area contributed by atoms with E-state index in [0.717, 1.165) is 11.3 Å². The number of carbonyl (C=O) groups excluding carboxylic acids is 1. The number of Topliss-reactive ketones (excluding diaryl/α,β-unsaturated/α-hetero) is 1. The van der Waals surface area contributed by atoms with Gasteiger partial charge in [-0.15, -0.1) is 0 Å². The lowest BCUT2D eigenvalue weighted by Crippen LogP contribution is -3.00. The molecule has 0 aliphatic heterocycles. The highest BCUT2D eigenvalue weighted by Crippen LogP contribution is 2.06. The van der Waals surface area contributed by atoms with Crippen LogP contribution in [0.3, 0.4) is 0 Å². The SMILES string of the molecule is Cc1ccc(C(=O)Cc2cccc[n+]2C)cc1.[I-]. The maximum absolute atomic E-state index is 12.1. The number of benzene rings is 1. The number of pyridine rings is 1. The van der Waals surface area contributed by atoms with Crippen LogP contribution < -0.4 is 28.5 Å². The van der Waals surface area contributed by atoms with Gasteiger partial charge >= 0.3 is 0 Å². The van der Waals surface area contributed by atoms with Gasteiger partial charge in [0.2, 0.25) is 0 Å². The van der Waals surface area contributed by atoms with E-state index in [-0.39, 0.29) is 29.8 Å². The van der Waals surface area contributed by atoms with E-state index in [1.54, 1.807) is 0 Å². The molecule has 1 heterocycles. The fourth-order valence-electron chi connectivity index (χ4n) is 1.75. The average Bonchev–Trinajstić information content (AvgIpc) is 2.33. The summed E-state index contributed by atoms with van der Waals surface area (Å²) in [5, 5.41) is 0. The molecule has 1 aromatic heterocycles. The standard InChI is InChI=1S/C15H16NO.HI/c1-12-6-8-13(9-7-12)15(17)11-14-5-3-4-10-16(14)2;/h3-10H,11H2,1-2H3;1H/q+1;/p-1. The first kappa shape index (κ1) is 14.8. The maximum Gasteiger partial charge on any atom is 0.188 e. The summed E-state index contributed by atoms with van der Waals surface area (Å²) < 4.78 is 1.98. The van der Waals surface area contributed by atoms with Crippen molar-refractivity contribution in [3.8, 4) is 0 Å². The van der Waals surface area contributed by atoms with E-state index in [9.17, 15) is 4.79 Å². The fourth-order valence-corrected chi connectivity index (χ4v) is 1.75. The lowest BCUT2D eigenvalue weighted by atomic mass is 10.0. The number of nitrogens with zero attached hydrogens (tertiary/aromatic N) is 1. The number of ketones is 1. The summed E-state index contributed by atoms with van der Waals surface area (Å²) in [6.07, 6.45) is 2.40. The largest absolute Gasteiger partial charge is 1.00 e. The zero-order valence-electron chi connectivity index (χ0n) is 10.6. The van der Waals surface area contributed by atoms with Crippen molar-refractivity contribution in [2.75, 3.05) is 0 Å². The molecule has 0 radical (unpaired) electrons. The molecule has 0 amide bonds. The van der Waals surface area contributed by atoms with Gasteiger partial charge in [-0.25, -0.2) is 4.57 Å². The molecule has 0 aliphatic carbocycles. The molecule has 2 aromatic rings. The summed E-state index contributed by atoms with van der Waals surface area (Å²) in [6.45, 7) is 2.02. The van der Waals surface area contributed by atoms with Crippen molar-refractivity contribution in [2.24, 2.45) is 7.05 Å². The van der Waals surface area contributed by atoms with Gasteiger partial charge in [-0.05, 0) is 6.92 Å². The predicted molar refractivity (Wildman–Crippen MR) is 66.8 cm³/mol. The molecule has 0 atom stereocenters. The number of aryl methyl sites for hydroxylation is 2. The maximum atomic E-state index is 12.1. The van der Waals surface area contributed by atoms with Gasteiger partial charge in [0.05, 0.1) is 6.42 Å². The van der Waals surface area contributed by atoms with Crippen molar-refractivity contribution >= 4 is 5.78 Å². The highest BCUT2D eigenvalue weighted by molar-refractivity contribution is 5.97. The Hall–Kier alpha value is -1.23. The van der Waals surface area contributed by atoms with E-state index in [4.69, 9.17) is 0 Å². The van der Waals surface area contributed by atoms with Crippen molar-refractivity contribution < 1.29 is 33.3 Å². The van der Waals surface area contributed by atoms with Crippen LogP contribution in [0.1, 0.15) is 21.6 Å². The number of halogens is 1. The zero-order valence-corrected chi connectivity index (χ0v) is 12.7. The summed E-state index contributed by atoms with van der Waals surface area (Å²) in [5.41, 5.74) is 2.98. The van der Waals surface area contributed by atoms with Gasteiger partial charge in [0, 0.05) is 17.7 Å². The summed E-state index contributed by atoms with van der Waals surface area (Å²) in [4.78, 5) is 12.1. The summed E-state index contributed by atoms with van der Waals surface area (Å²) in [7, 11) is 1.96. The molecule has 0 saturated carbocycles. The Labute approximate surface area is 125 Å². The van der Waals surface area contributed by atoms with Crippen molar-refractivity contribution in [1.29, 1.82) is 0 Å². The molecule has 0 bridgehead atoms. The second-order valence-corrected chi connectivity index (χ2v) is 4.27. The van der Waals surface area contributed by atoms with Crippen LogP contribution in [0, 0.1) is 6.92 Å². The Morgan fingerprint density at radius 3 is 2.39 bits per heavy atom. The first-order valence-corrected chi connectivity index (χ1v) is 5.70. The second-order valence-electron chi connectivity index (χ2n) is 4.27. The summed E-state index contributed by atoms with van der Waals surface area (Å²) in [6, 6.07) is 13.6. The van der Waals surface area contributed by atoms with Crippen molar-refractivity contribution in [3.05, 3.63) is 65.5 Å². The van der Waals surface area contributed by atoms with Crippen LogP contribution >= 0.6 is 0 Å². The van der Waals surface area contributed by atoms with Crippen LogP contribution in [-0.4, -0.2) is 5.78 Å². The molecule has 0 spiro atoms. The van der Waals surface area contributed by atoms with Crippen LogP contribution in [-0.2, 0) is 13.5 Å². The molecule has 94 valence electrons. The van der Waals surface area contributed by atoms with Crippen molar-refractivity contribution in [3.63, 3.8) is 0 Å². The Balaban J connectivity index is 0.00000162. The fraction of sp³-hybridized carbons (Fsp3) is 0.200. The number of aromatic nitrogens is 1. The summed E-state index contributed by atoms with van der Waals surface area (Å²) >= 11 is 0. The van der Waals surface area contributed by atoms with E-state index < -0.39 is 0 Å². The van der Waals surface area contributed by atoms with Crippen LogP contribution in [0.4, 0.5) is 0 Å². The van der Waals surface area contributed by atoms with E-state index in [0.29, 0.717) is 6.42 Å². The number of rotatable bonds is 3. The topological polar surface area (TPSA) is 20.9 Å². The number of carbonyl (C=O) groups is 1. The molecule has 2 nitrogen and oxygen atoms in total. The average molecular weight is 353 g/mol. The Morgan fingerprint density at radius 1 is 1.11 bits per heavy atom. The number of hydrogen-bond acceptors (Lipinski definition) is 1. The van der Waals surface area contributed by atoms with Crippen LogP contribution in [0.15, 0.2) is 48.7 Å². The molecular formula is C15H16INO. The molecular weight excluding hydrogens is 337 g/mol. The Bertz CT molecular complexity index is 534. The molecule has 0 fully saturated rings. The molecule has 0 N–H and O–H groups in total. The normalized spacial score (nSPS) is 9.67. The minimum Gasteiger partial charge on any atom is -1.00 e. The summed E-state index contributed by atoms with van der Waals surface area (Å²) in [5.74, 6) is 0.159. The van der Waals surface area contributed by atoms with Gasteiger partial charge in [-0.1, -0.05) is 35.9 Å². The highest BCUT2D eigenvalue weighted by atomic mass is 127. The molecule has 0 saturated heterocycles. The third-order valence-corrected chi connectivity index (χ3v) is 2.88. The predicted octanol–water partition coefficient (Wildman–Crippen LogP) is -0.751. The molecule has 3 heteroatoms. The zero-order chi connectivity index (χ0) is 12.3. The van der Waals surface area contributed by atoms with Gasteiger partial charge in [0.15, 0.2) is 17.7 Å². The Morgan fingerprint density at radius 2 is 1.78 bits per heavy atom. The van der Waals surface area contributed by atoms with Gasteiger partial charge in [-0.3, -0.25) is 4.79 Å². The van der Waals surface area contributed by atoms with Gasteiger partial charge in [-0.2, -0.15) is 0 Å². The van der Waals surface area contributed by atoms with Gasteiger partial charge in [0.25, 0.3) is 0 Å². The van der Waals surface area contributed by atoms with Crippen LogP contribution in [0.2, 0.25) is 0 Å². The van der Waals surface area contributed by atoms with E-state index in [1.807, 2.05) is 67.2 Å². The third kappa shape index (κ3) is 3.63. The van der Waals surface area contributed by atoms with E-state index in [2.05, 4.69) is 0 Å². The second kappa shape index (κ2) is 6.64. The lowest BCUT2D eigenvalue weighted by Gasteiger charge is -2.01. The molecule has 1 aromatic carbocycles. The quantitative estimate of drug-likeness (QED) is 0.404. The number of hydrogen-bond donors (Lipinski definition) is 0. The molecule has 18 heavy (non-hydrogen) atoms. The van der Waals surface area contributed by atoms with Gasteiger partial charge < -0.3 is 24.0 Å². The van der Waals surface area contributed by atoms with Crippen LogP contribution in [0.25, 0.3) is 0 Å². The van der Waals surface area contributed by atoms with E-state index in [1.165, 1.54) is 5.56 Å². The highest BCUT2D eigenvalue weighted by Gasteiger charge is 2.12. The van der Waals surface area contributed by atoms with Crippen molar-refractivity contribution in [2.45, 2.75) is 13.3 Å². The molecule has 0 aliphatic rings. The van der Waals surface area contributed by atoms with Crippen LogP contribution in [0.5, 0.6) is 0 Å². The molecule has 0 unspecified atom stereocenters. The first-order chi connectivity index (χ1) is 8.16. The minimum atomic E-state index is 0. The smallest absolute Gasteiger partial charge is 0.188 e.